The molecule has 0 spiro atoms. The molecule has 2 aromatic carbocycles. The number of hydrogen-bond donors (Lipinski definition) is 2. The van der Waals surface area contributed by atoms with Crippen molar-refractivity contribution in [2.24, 2.45) is 0 Å². The van der Waals surface area contributed by atoms with Gasteiger partial charge in [0.1, 0.15) is 11.5 Å². The first kappa shape index (κ1) is 14.2. The summed E-state index contributed by atoms with van der Waals surface area (Å²) in [7, 11) is -3.51. The highest BCUT2D eigenvalue weighted by atomic mass is 31.2. The number of aliphatic hydroxyl groups is 2. The quantitative estimate of drug-likeness (QED) is 0.748. The molecule has 116 valence electrons. The monoisotopic (exact) mass is 326 g/mol. The second-order valence-electron chi connectivity index (χ2n) is 5.62. The van der Waals surface area contributed by atoms with Crippen LogP contribution >= 0.6 is 7.37 Å². The van der Waals surface area contributed by atoms with Gasteiger partial charge in [0.05, 0.1) is 16.4 Å². The molecule has 1 atom stereocenters. The van der Waals surface area contributed by atoms with E-state index in [0.717, 1.165) is 11.1 Å². The largest absolute Gasteiger partial charge is 0.512 e. The van der Waals surface area contributed by atoms with Crippen molar-refractivity contribution in [3.63, 3.8) is 0 Å². The fourth-order valence-corrected chi connectivity index (χ4v) is 5.49. The second kappa shape index (κ2) is 5.04. The van der Waals surface area contributed by atoms with Gasteiger partial charge < -0.3 is 14.7 Å². The van der Waals surface area contributed by atoms with E-state index in [2.05, 4.69) is 0 Å². The molecule has 0 saturated carbocycles. The van der Waals surface area contributed by atoms with E-state index in [4.69, 9.17) is 4.52 Å². The Morgan fingerprint density at radius 1 is 0.913 bits per heavy atom. The van der Waals surface area contributed by atoms with Crippen molar-refractivity contribution in [3.8, 4) is 16.9 Å². The zero-order chi connectivity index (χ0) is 16.0. The predicted molar refractivity (Wildman–Crippen MR) is 89.3 cm³/mol. The summed E-state index contributed by atoms with van der Waals surface area (Å²) in [4.78, 5) is 0. The van der Waals surface area contributed by atoms with E-state index in [9.17, 15) is 14.8 Å². The third-order valence-electron chi connectivity index (χ3n) is 4.16. The van der Waals surface area contributed by atoms with Gasteiger partial charge in [0.15, 0.2) is 0 Å². The average molecular weight is 326 g/mol. The molecule has 1 unspecified atom stereocenters. The van der Waals surface area contributed by atoms with E-state index in [1.807, 2.05) is 30.3 Å². The van der Waals surface area contributed by atoms with Gasteiger partial charge in [-0.15, -0.1) is 0 Å². The van der Waals surface area contributed by atoms with Gasteiger partial charge in [0.2, 0.25) is 0 Å². The Balaban J connectivity index is 2.00. The lowest BCUT2D eigenvalue weighted by atomic mass is 10.0. The molecule has 1 aliphatic heterocycles. The molecule has 5 heteroatoms. The SMILES string of the molecule is O=P1(C2=C(O)CCC(O)=C2)Oc2ccccc2-c2ccccc21. The number of hydrogen-bond acceptors (Lipinski definition) is 4. The van der Waals surface area contributed by atoms with Crippen LogP contribution in [0.2, 0.25) is 0 Å². The zero-order valence-electron chi connectivity index (χ0n) is 12.3. The summed E-state index contributed by atoms with van der Waals surface area (Å²) in [5.41, 5.74) is 1.70. The van der Waals surface area contributed by atoms with Crippen LogP contribution in [0.1, 0.15) is 12.8 Å². The fraction of sp³-hybridized carbons (Fsp3) is 0.111. The van der Waals surface area contributed by atoms with Crippen LogP contribution in [0.4, 0.5) is 0 Å². The molecule has 2 aromatic rings. The van der Waals surface area contributed by atoms with E-state index >= 15 is 0 Å². The van der Waals surface area contributed by atoms with E-state index < -0.39 is 7.37 Å². The minimum Gasteiger partial charge on any atom is -0.512 e. The van der Waals surface area contributed by atoms with Gasteiger partial charge in [0, 0.05) is 18.4 Å². The normalized spacial score (nSPS) is 22.7. The Morgan fingerprint density at radius 2 is 1.61 bits per heavy atom. The highest BCUT2D eigenvalue weighted by Crippen LogP contribution is 2.61. The van der Waals surface area contributed by atoms with Crippen LogP contribution in [0.3, 0.4) is 0 Å². The maximum atomic E-state index is 13.7. The molecule has 0 amide bonds. The average Bonchev–Trinajstić information content (AvgIpc) is 2.57. The Bertz CT molecular complexity index is 911. The molecular formula is C18H15O4P. The number of allylic oxidation sites excluding steroid dienone is 4. The minimum atomic E-state index is -3.51. The zero-order valence-corrected chi connectivity index (χ0v) is 13.2. The number of para-hydroxylation sites is 1. The van der Waals surface area contributed by atoms with Gasteiger partial charge in [-0.05, 0) is 23.8 Å². The number of rotatable bonds is 1. The Labute approximate surface area is 133 Å². The fourth-order valence-electron chi connectivity index (χ4n) is 3.04. The van der Waals surface area contributed by atoms with Gasteiger partial charge in [0.25, 0.3) is 0 Å². The summed E-state index contributed by atoms with van der Waals surface area (Å²) in [5.74, 6) is 0.640. The van der Waals surface area contributed by atoms with E-state index in [-0.39, 0.29) is 23.3 Å². The molecule has 2 aliphatic rings. The Morgan fingerprint density at radius 3 is 2.43 bits per heavy atom. The van der Waals surface area contributed by atoms with E-state index in [1.54, 1.807) is 18.2 Å². The number of fused-ring (bicyclic) bond motifs is 3. The van der Waals surface area contributed by atoms with Crippen LogP contribution < -0.4 is 9.83 Å². The van der Waals surface area contributed by atoms with Crippen LogP contribution in [0.15, 0.2) is 71.4 Å². The smallest absolute Gasteiger partial charge is 0.310 e. The summed E-state index contributed by atoms with van der Waals surface area (Å²) >= 11 is 0. The van der Waals surface area contributed by atoms with Gasteiger partial charge in [-0.25, -0.2) is 0 Å². The van der Waals surface area contributed by atoms with Crippen LogP contribution in [0.5, 0.6) is 5.75 Å². The molecule has 0 aromatic heterocycles. The molecule has 0 fully saturated rings. The molecule has 1 heterocycles. The van der Waals surface area contributed by atoms with E-state index in [0.29, 0.717) is 17.5 Å². The molecule has 1 aliphatic carbocycles. The standard InChI is InChI=1S/C18H15O4P/c19-12-9-10-15(20)18(11-12)23(21)17-8-4-2-6-14(17)13-5-1-3-7-16(13)22-23/h1-8,11,19-20H,9-10H2. The lowest BCUT2D eigenvalue weighted by Crippen LogP contribution is -2.20. The van der Waals surface area contributed by atoms with Crippen molar-refractivity contribution in [3.05, 3.63) is 71.4 Å². The highest BCUT2D eigenvalue weighted by molar-refractivity contribution is 7.72. The summed E-state index contributed by atoms with van der Waals surface area (Å²) in [6.45, 7) is 0. The predicted octanol–water partition coefficient (Wildman–Crippen LogP) is 4.65. The minimum absolute atomic E-state index is 0.0142. The third-order valence-corrected chi connectivity index (χ3v) is 6.66. The molecule has 4 rings (SSSR count). The first-order valence-corrected chi connectivity index (χ1v) is 9.03. The lowest BCUT2D eigenvalue weighted by molar-refractivity contribution is 0.339. The molecule has 0 saturated heterocycles. The maximum absolute atomic E-state index is 13.7. The van der Waals surface area contributed by atoms with Crippen molar-refractivity contribution < 1.29 is 19.3 Å². The van der Waals surface area contributed by atoms with Crippen molar-refractivity contribution >= 4 is 12.7 Å². The Kier molecular flexibility index (Phi) is 3.10. The molecule has 0 bridgehead atoms. The van der Waals surface area contributed by atoms with Crippen molar-refractivity contribution in [2.75, 3.05) is 0 Å². The van der Waals surface area contributed by atoms with Gasteiger partial charge in [-0.3, -0.25) is 4.57 Å². The van der Waals surface area contributed by atoms with Crippen LogP contribution in [-0.4, -0.2) is 10.2 Å². The molecule has 2 N–H and O–H groups in total. The first-order chi connectivity index (χ1) is 11.1. The summed E-state index contributed by atoms with van der Waals surface area (Å²) in [6.07, 6.45) is 1.98. The summed E-state index contributed by atoms with van der Waals surface area (Å²) in [6, 6.07) is 14.7. The van der Waals surface area contributed by atoms with E-state index in [1.165, 1.54) is 6.08 Å². The van der Waals surface area contributed by atoms with Crippen LogP contribution in [0, 0.1) is 0 Å². The van der Waals surface area contributed by atoms with Crippen LogP contribution in [-0.2, 0) is 4.57 Å². The molecule has 4 nitrogen and oxygen atoms in total. The number of benzene rings is 2. The third kappa shape index (κ3) is 2.10. The highest BCUT2D eigenvalue weighted by Gasteiger charge is 2.41. The first-order valence-electron chi connectivity index (χ1n) is 7.40. The van der Waals surface area contributed by atoms with Crippen molar-refractivity contribution in [2.45, 2.75) is 12.8 Å². The topological polar surface area (TPSA) is 66.8 Å². The second-order valence-corrected chi connectivity index (χ2v) is 7.87. The molecular weight excluding hydrogens is 311 g/mol. The maximum Gasteiger partial charge on any atom is 0.310 e. The summed E-state index contributed by atoms with van der Waals surface area (Å²) in [5, 5.41) is 20.8. The van der Waals surface area contributed by atoms with Crippen molar-refractivity contribution in [1.82, 2.24) is 0 Å². The molecule has 0 radical (unpaired) electrons. The van der Waals surface area contributed by atoms with Crippen molar-refractivity contribution in [1.29, 1.82) is 0 Å². The molecule has 23 heavy (non-hydrogen) atoms. The van der Waals surface area contributed by atoms with Gasteiger partial charge in [-0.2, -0.15) is 0 Å². The van der Waals surface area contributed by atoms with Crippen LogP contribution in [0.25, 0.3) is 11.1 Å². The Hall–Kier alpha value is -2.45. The summed E-state index contributed by atoms with van der Waals surface area (Å²) < 4.78 is 19.6. The van der Waals surface area contributed by atoms with Gasteiger partial charge >= 0.3 is 7.37 Å². The number of aliphatic hydroxyl groups excluding tert-OH is 2. The lowest BCUT2D eigenvalue weighted by Gasteiger charge is -2.30. The van der Waals surface area contributed by atoms with Gasteiger partial charge in [-0.1, -0.05) is 36.4 Å².